The number of halogens is 5. The highest BCUT2D eigenvalue weighted by atomic mass is 35.5. The Morgan fingerprint density at radius 1 is 0.895 bits per heavy atom. The molecule has 0 saturated carbocycles. The molecule has 19 heavy (non-hydrogen) atoms. The monoisotopic (exact) mass is 320 g/mol. The van der Waals surface area contributed by atoms with Gasteiger partial charge in [-0.2, -0.15) is 0 Å². The first-order valence-corrected chi connectivity index (χ1v) is 6.18. The van der Waals surface area contributed by atoms with E-state index in [-0.39, 0.29) is 15.6 Å². The number of carbonyl (C=O) groups excluding carboxylic acids is 1. The van der Waals surface area contributed by atoms with Gasteiger partial charge in [0.25, 0.3) is 0 Å². The van der Waals surface area contributed by atoms with Crippen molar-refractivity contribution in [2.45, 2.75) is 0 Å². The molecule has 2 aromatic rings. The molecule has 0 fully saturated rings. The molecule has 0 aliphatic carbocycles. The van der Waals surface area contributed by atoms with Gasteiger partial charge in [-0.05, 0) is 24.3 Å². The average Bonchev–Trinajstić information content (AvgIpc) is 2.36. The number of benzene rings is 2. The van der Waals surface area contributed by atoms with E-state index < -0.39 is 28.0 Å². The number of hydrogen-bond donors (Lipinski definition) is 0. The summed E-state index contributed by atoms with van der Waals surface area (Å²) in [5.41, 5.74) is -0.458. The first kappa shape index (κ1) is 14.3. The third kappa shape index (κ3) is 2.73. The Bertz CT molecular complexity index is 671. The number of rotatable bonds is 2. The van der Waals surface area contributed by atoms with Gasteiger partial charge in [0.1, 0.15) is 11.6 Å². The molecule has 0 aromatic heterocycles. The quantitative estimate of drug-likeness (QED) is 0.552. The lowest BCUT2D eigenvalue weighted by molar-refractivity contribution is 0.103. The van der Waals surface area contributed by atoms with Gasteiger partial charge >= 0.3 is 0 Å². The van der Waals surface area contributed by atoms with Crippen LogP contribution >= 0.6 is 34.8 Å². The third-order valence-corrected chi connectivity index (χ3v) is 3.56. The summed E-state index contributed by atoms with van der Waals surface area (Å²) in [6.07, 6.45) is 0. The van der Waals surface area contributed by atoms with Gasteiger partial charge in [-0.1, -0.05) is 40.9 Å². The molecule has 0 N–H and O–H groups in total. The van der Waals surface area contributed by atoms with Crippen molar-refractivity contribution in [1.82, 2.24) is 0 Å². The summed E-state index contributed by atoms with van der Waals surface area (Å²) >= 11 is 17.1. The van der Waals surface area contributed by atoms with Crippen LogP contribution in [0.15, 0.2) is 30.3 Å². The average molecular weight is 322 g/mol. The fraction of sp³-hybridized carbons (Fsp3) is 0. The minimum atomic E-state index is -0.924. The maximum Gasteiger partial charge on any atom is 0.197 e. The first-order valence-electron chi connectivity index (χ1n) is 5.05. The predicted octanol–water partition coefficient (Wildman–Crippen LogP) is 5.16. The molecule has 2 rings (SSSR count). The molecule has 0 aliphatic heterocycles. The van der Waals surface area contributed by atoms with E-state index in [1.54, 1.807) is 0 Å². The molecule has 2 aromatic carbocycles. The summed E-state index contributed by atoms with van der Waals surface area (Å²) in [6.45, 7) is 0. The van der Waals surface area contributed by atoms with Crippen molar-refractivity contribution >= 4 is 40.6 Å². The maximum absolute atomic E-state index is 13.7. The van der Waals surface area contributed by atoms with E-state index in [1.165, 1.54) is 18.2 Å². The Balaban J connectivity index is 2.56. The molecule has 0 amide bonds. The lowest BCUT2D eigenvalue weighted by Crippen LogP contribution is -2.06. The minimum Gasteiger partial charge on any atom is -0.288 e. The van der Waals surface area contributed by atoms with Crippen molar-refractivity contribution < 1.29 is 13.6 Å². The smallest absolute Gasteiger partial charge is 0.197 e. The van der Waals surface area contributed by atoms with Gasteiger partial charge < -0.3 is 0 Å². The standard InChI is InChI=1S/C13H5Cl3F2O/c14-8-3-1-2-6(12(8)16)13(19)7-4-11(18)9(15)5-10(7)17/h1-5H. The highest BCUT2D eigenvalue weighted by molar-refractivity contribution is 6.44. The fourth-order valence-corrected chi connectivity index (χ4v) is 2.06. The zero-order chi connectivity index (χ0) is 14.2. The van der Waals surface area contributed by atoms with E-state index >= 15 is 0 Å². The molecular weight excluding hydrogens is 316 g/mol. The molecule has 0 atom stereocenters. The van der Waals surface area contributed by atoms with E-state index in [9.17, 15) is 13.6 Å². The van der Waals surface area contributed by atoms with E-state index in [0.717, 1.165) is 12.1 Å². The van der Waals surface area contributed by atoms with Gasteiger partial charge in [0.2, 0.25) is 0 Å². The second-order valence-corrected chi connectivity index (χ2v) is 4.87. The highest BCUT2D eigenvalue weighted by Crippen LogP contribution is 2.29. The van der Waals surface area contributed by atoms with Crippen LogP contribution in [0.2, 0.25) is 15.1 Å². The predicted molar refractivity (Wildman–Crippen MR) is 71.3 cm³/mol. The van der Waals surface area contributed by atoms with Crippen molar-refractivity contribution in [3.8, 4) is 0 Å². The van der Waals surface area contributed by atoms with Gasteiger partial charge in [0.15, 0.2) is 5.78 Å². The van der Waals surface area contributed by atoms with Crippen LogP contribution in [0.3, 0.4) is 0 Å². The SMILES string of the molecule is O=C(c1cc(F)c(Cl)cc1F)c1cccc(Cl)c1Cl. The van der Waals surface area contributed by atoms with Crippen molar-refractivity contribution in [1.29, 1.82) is 0 Å². The minimum absolute atomic E-state index is 0.00482. The molecule has 98 valence electrons. The maximum atomic E-state index is 13.7. The first-order chi connectivity index (χ1) is 8.91. The van der Waals surface area contributed by atoms with Gasteiger partial charge in [-0.3, -0.25) is 4.79 Å². The Labute approximate surface area is 122 Å². The van der Waals surface area contributed by atoms with Crippen molar-refractivity contribution in [3.05, 3.63) is 68.2 Å². The van der Waals surface area contributed by atoms with Crippen LogP contribution in [0.1, 0.15) is 15.9 Å². The van der Waals surface area contributed by atoms with E-state index in [2.05, 4.69) is 0 Å². The molecule has 0 unspecified atom stereocenters. The van der Waals surface area contributed by atoms with Gasteiger partial charge in [0.05, 0.1) is 20.6 Å². The molecule has 0 heterocycles. The van der Waals surface area contributed by atoms with E-state index in [0.29, 0.717) is 0 Å². The molecule has 6 heteroatoms. The normalized spacial score (nSPS) is 10.6. The van der Waals surface area contributed by atoms with Crippen molar-refractivity contribution in [2.24, 2.45) is 0 Å². The fourth-order valence-electron chi connectivity index (χ4n) is 1.52. The Hall–Kier alpha value is -1.16. The summed E-state index contributed by atoms with van der Waals surface area (Å²) in [6, 6.07) is 5.83. The van der Waals surface area contributed by atoms with Gasteiger partial charge in [-0.25, -0.2) is 8.78 Å². The Kier molecular flexibility index (Phi) is 4.09. The van der Waals surface area contributed by atoms with Gasteiger partial charge in [-0.15, -0.1) is 0 Å². The van der Waals surface area contributed by atoms with Crippen LogP contribution in [-0.2, 0) is 0 Å². The Morgan fingerprint density at radius 3 is 2.26 bits per heavy atom. The summed E-state index contributed by atoms with van der Waals surface area (Å²) in [5.74, 6) is -2.57. The molecule has 0 radical (unpaired) electrons. The molecule has 1 nitrogen and oxygen atoms in total. The largest absolute Gasteiger partial charge is 0.288 e. The second kappa shape index (κ2) is 5.45. The van der Waals surface area contributed by atoms with Crippen LogP contribution in [-0.4, -0.2) is 5.78 Å². The highest BCUT2D eigenvalue weighted by Gasteiger charge is 2.20. The van der Waals surface area contributed by atoms with Crippen LogP contribution in [0.25, 0.3) is 0 Å². The molecule has 0 aliphatic rings. The zero-order valence-electron chi connectivity index (χ0n) is 9.18. The van der Waals surface area contributed by atoms with Crippen LogP contribution in [0.5, 0.6) is 0 Å². The molecular formula is C13H5Cl3F2O. The van der Waals surface area contributed by atoms with E-state index in [4.69, 9.17) is 34.8 Å². The third-order valence-electron chi connectivity index (χ3n) is 2.45. The van der Waals surface area contributed by atoms with Crippen molar-refractivity contribution in [3.63, 3.8) is 0 Å². The van der Waals surface area contributed by atoms with Crippen LogP contribution in [0.4, 0.5) is 8.78 Å². The van der Waals surface area contributed by atoms with Crippen LogP contribution < -0.4 is 0 Å². The number of ketones is 1. The topological polar surface area (TPSA) is 17.1 Å². The summed E-state index contributed by atoms with van der Waals surface area (Å²) < 4.78 is 27.0. The second-order valence-electron chi connectivity index (χ2n) is 3.68. The summed E-state index contributed by atoms with van der Waals surface area (Å²) in [7, 11) is 0. The number of carbonyl (C=O) groups is 1. The lowest BCUT2D eigenvalue weighted by atomic mass is 10.0. The Morgan fingerprint density at radius 2 is 1.58 bits per heavy atom. The van der Waals surface area contributed by atoms with E-state index in [1.807, 2.05) is 0 Å². The number of hydrogen-bond acceptors (Lipinski definition) is 1. The van der Waals surface area contributed by atoms with Gasteiger partial charge in [0, 0.05) is 5.56 Å². The van der Waals surface area contributed by atoms with Crippen molar-refractivity contribution in [2.75, 3.05) is 0 Å². The lowest BCUT2D eigenvalue weighted by Gasteiger charge is -2.07. The van der Waals surface area contributed by atoms with Crippen LogP contribution in [0, 0.1) is 11.6 Å². The molecule has 0 bridgehead atoms. The molecule has 0 saturated heterocycles. The summed E-state index contributed by atoms with van der Waals surface area (Å²) in [5, 5.41) is -0.252. The summed E-state index contributed by atoms with van der Waals surface area (Å²) in [4.78, 5) is 12.1. The zero-order valence-corrected chi connectivity index (χ0v) is 11.5. The molecule has 0 spiro atoms.